The second-order valence-electron chi connectivity index (χ2n) is 15.4. The molecule has 0 amide bonds. The van der Waals surface area contributed by atoms with Crippen molar-refractivity contribution in [2.24, 2.45) is 11.8 Å². The van der Waals surface area contributed by atoms with Gasteiger partial charge < -0.3 is 103 Å². The van der Waals surface area contributed by atoms with E-state index >= 15 is 0 Å². The topological polar surface area (TPSA) is 0 Å². The monoisotopic (exact) mass is 1260 g/mol. The van der Waals surface area contributed by atoms with Crippen molar-refractivity contribution in [2.45, 2.75) is 233 Å². The largest absolute Gasteiger partial charge is 2.00 e. The number of hydrogen-bond donors (Lipinski definition) is 0. The van der Waals surface area contributed by atoms with Crippen molar-refractivity contribution in [2.75, 3.05) is 0 Å². The SMILES string of the molecule is C1CCCC1.C1CCCC1.CC#CC#CCC1CCCC1.CCC1CCCC1.ClC(Cl)=C(Cl)C(Cl)=C(Cl)Cl.[C-]#CC#[C-].[CH-]1CCCC1.[CH-]1CCCC1.[CH2-]CCC.[CH2-]CCC.[CH3-].[CH3-].[CH3-].[CH3-].[CH3-].[CH3-].[CH3-].[Fe+2].[Fe+2].[Fe+2].[Li+].[Li+].[Li+].[Li+].[Li+].[Li+]. The van der Waals surface area contributed by atoms with Crippen molar-refractivity contribution in [3.8, 4) is 35.5 Å². The van der Waals surface area contributed by atoms with E-state index in [9.17, 15) is 0 Å². The number of hydrogen-bond acceptors (Lipinski definition) is 0. The van der Waals surface area contributed by atoms with Crippen LogP contribution in [0.25, 0.3) is 0 Å². The summed E-state index contributed by atoms with van der Waals surface area (Å²) in [6.45, 7) is 15.6. The van der Waals surface area contributed by atoms with Gasteiger partial charge in [-0.05, 0) is 43.4 Å². The minimum absolute atomic E-state index is 0. The zero-order chi connectivity index (χ0) is 45.7. The van der Waals surface area contributed by atoms with Crippen molar-refractivity contribution >= 4 is 69.6 Å². The van der Waals surface area contributed by atoms with Gasteiger partial charge in [0.25, 0.3) is 0 Å². The minimum Gasteiger partial charge on any atom is -0.500 e. The Kier molecular flexibility index (Phi) is 230. The van der Waals surface area contributed by atoms with Crippen LogP contribution in [0.3, 0.4) is 0 Å². The fourth-order valence-corrected chi connectivity index (χ4v) is 7.07. The van der Waals surface area contributed by atoms with Crippen molar-refractivity contribution in [3.05, 3.63) is 111 Å². The number of halogens is 6. The molecule has 0 bridgehead atoms. The van der Waals surface area contributed by atoms with Gasteiger partial charge in [-0.1, -0.05) is 250 Å². The standard InChI is InChI=1S/C11H14.C7H14.2C5H10.2C5H9.C4Cl6.2C4H9.C4.7CH3.3Fe.6Li/c1-2-3-4-5-8-11-9-6-7-10-11;1-2-7-5-3-4-6-7;4*1-2-4-5-3-1;5-1(3(7)8)2(6)4(9)10;3*1-3-4-2;;;;;;;;;;;;;;;;/h11H,6-10H2,1H3;7H,2-6H2,1H3;2*1-5H2;2*1H,2-5H2;;2*1,3-4H2,2H3;;7*1H3;;;;;;;;;/q;;;;2*-1;;2*-1;-2;7*-1;3*+2;6*+1. The second-order valence-corrected chi connectivity index (χ2v) is 18.0. The molecular weight excluding hydrogens is 1150 g/mol. The molecule has 0 unspecified atom stereocenters. The van der Waals surface area contributed by atoms with Crippen molar-refractivity contribution in [3.63, 3.8) is 0 Å². The summed E-state index contributed by atoms with van der Waals surface area (Å²) in [4.78, 5) is 0. The Labute approximate surface area is 617 Å². The van der Waals surface area contributed by atoms with Gasteiger partial charge in [0.15, 0.2) is 0 Å². The third-order valence-electron chi connectivity index (χ3n) is 10.1. The van der Waals surface area contributed by atoms with Crippen LogP contribution >= 0.6 is 69.6 Å². The van der Waals surface area contributed by atoms with Crippen molar-refractivity contribution < 1.29 is 164 Å². The van der Waals surface area contributed by atoms with E-state index in [4.69, 9.17) is 82.5 Å². The third kappa shape index (κ3) is 125. The molecule has 6 rings (SSSR count). The van der Waals surface area contributed by atoms with Crippen molar-refractivity contribution in [1.82, 2.24) is 0 Å². The van der Waals surface area contributed by atoms with Gasteiger partial charge in [0.1, 0.15) is 8.98 Å². The first-order chi connectivity index (χ1) is 29.1. The summed E-state index contributed by atoms with van der Waals surface area (Å²) >= 11 is 31.8. The maximum atomic E-state index is 5.90. The van der Waals surface area contributed by atoms with E-state index in [1.807, 2.05) is 6.92 Å². The average molecular weight is 1260 g/mol. The predicted octanol–water partition coefficient (Wildman–Crippen LogP) is 5.94. The van der Waals surface area contributed by atoms with Gasteiger partial charge in [-0.3, -0.25) is 0 Å². The first-order valence-corrected chi connectivity index (χ1v) is 25.7. The molecule has 0 nitrogen and oxygen atoms in total. The fourth-order valence-electron chi connectivity index (χ4n) is 6.31. The zero-order valence-electron chi connectivity index (χ0n) is 52.7. The van der Waals surface area contributed by atoms with Crippen molar-refractivity contribution in [1.29, 1.82) is 0 Å². The van der Waals surface area contributed by atoms with E-state index in [-0.39, 0.29) is 235 Å². The molecule has 0 saturated heterocycles. The molecule has 0 spiro atoms. The number of unbranched alkanes of at least 4 members (excludes halogenated alkanes) is 2. The molecule has 6 fully saturated rings. The van der Waals surface area contributed by atoms with Gasteiger partial charge in [0, 0.05) is 6.42 Å². The van der Waals surface area contributed by atoms with Gasteiger partial charge >= 0.3 is 164 Å². The molecule has 0 aliphatic heterocycles. The Morgan fingerprint density at radius 1 is 0.434 bits per heavy atom. The Hall–Kier alpha value is 4.60. The molecule has 6 aliphatic carbocycles. The summed E-state index contributed by atoms with van der Waals surface area (Å²) < 4.78 is -0.351. The summed E-state index contributed by atoms with van der Waals surface area (Å²) in [5.74, 6) is 16.7. The second kappa shape index (κ2) is 125. The molecule has 15 heteroatoms. The smallest absolute Gasteiger partial charge is 0.500 e. The van der Waals surface area contributed by atoms with Crippen LogP contribution in [0, 0.1) is 139 Å². The first kappa shape index (κ1) is 139. The molecule has 6 saturated carbocycles. The van der Waals surface area contributed by atoms with Gasteiger partial charge in [-0.25, -0.2) is 0 Å². The van der Waals surface area contributed by atoms with Crippen LogP contribution in [0.1, 0.15) is 233 Å². The Morgan fingerprint density at radius 2 is 0.671 bits per heavy atom. The van der Waals surface area contributed by atoms with Gasteiger partial charge in [-0.15, -0.1) is 0 Å². The summed E-state index contributed by atoms with van der Waals surface area (Å²) in [5, 5.41) is -0.130. The molecule has 76 heavy (non-hydrogen) atoms. The van der Waals surface area contributed by atoms with Crippen LogP contribution < -0.4 is 113 Å². The molecule has 0 radical (unpaired) electrons. The Balaban J connectivity index is -0.0000000253. The first-order valence-electron chi connectivity index (χ1n) is 23.4. The van der Waals surface area contributed by atoms with E-state index < -0.39 is 0 Å². The summed E-state index contributed by atoms with van der Waals surface area (Å²) in [7, 11) is 0. The van der Waals surface area contributed by atoms with Crippen LogP contribution in [0.15, 0.2) is 19.0 Å². The zero-order valence-corrected chi connectivity index (χ0v) is 60.5. The normalized spacial score (nSPS) is 13.0. The maximum Gasteiger partial charge on any atom is 2.00 e. The molecule has 0 aromatic rings. The molecule has 0 aromatic carbocycles. The Morgan fingerprint density at radius 3 is 0.816 bits per heavy atom. The summed E-state index contributed by atoms with van der Waals surface area (Å²) in [6.07, 6.45) is 61.4. The quantitative estimate of drug-likeness (QED) is 0.139. The molecule has 0 atom stereocenters. The average Bonchev–Trinajstić information content (AvgIpc) is 4.15. The third-order valence-corrected chi connectivity index (χ3v) is 12.1. The van der Waals surface area contributed by atoms with E-state index in [0.717, 1.165) is 31.1 Å². The predicted molar refractivity (Wildman–Crippen MR) is 321 cm³/mol. The van der Waals surface area contributed by atoms with Crippen LogP contribution in [-0.4, -0.2) is 0 Å². The maximum absolute atomic E-state index is 5.90. The molecule has 0 heterocycles. The molecule has 0 aromatic heterocycles. The van der Waals surface area contributed by atoms with Gasteiger partial charge in [0.05, 0.1) is 10.1 Å². The van der Waals surface area contributed by atoms with E-state index in [0.29, 0.717) is 0 Å². The molecule has 6 aliphatic rings. The number of rotatable bonds is 5. The van der Waals surface area contributed by atoms with Crippen LogP contribution in [0.4, 0.5) is 0 Å². The molecule has 0 N–H and O–H groups in total. The minimum atomic E-state index is -0.175. The van der Waals surface area contributed by atoms with E-state index in [2.05, 4.69) is 71.1 Å². The summed E-state index contributed by atoms with van der Waals surface area (Å²) in [5.41, 5.74) is 0. The Bertz CT molecular complexity index is 1070. The van der Waals surface area contributed by atoms with Gasteiger partial charge in [-0.2, -0.15) is 38.5 Å². The van der Waals surface area contributed by atoms with E-state index in [1.165, 1.54) is 186 Å². The molecular formula is C61H105Cl6Fe3Li6-. The van der Waals surface area contributed by atoms with Gasteiger partial charge in [0.2, 0.25) is 0 Å². The summed E-state index contributed by atoms with van der Waals surface area (Å²) in [6, 6.07) is 0. The van der Waals surface area contributed by atoms with Crippen LogP contribution in [0.2, 0.25) is 0 Å². The number of allylic oxidation sites excluding steroid dienone is 2. The van der Waals surface area contributed by atoms with Crippen LogP contribution in [0.5, 0.6) is 0 Å². The van der Waals surface area contributed by atoms with Crippen LogP contribution in [-0.2, 0) is 51.2 Å². The van der Waals surface area contributed by atoms with E-state index in [1.54, 1.807) is 11.8 Å². The fraction of sp³-hybridized carbons (Fsp3) is 0.623. The molecule has 422 valence electrons.